The number of carboxylic acids is 1. The Morgan fingerprint density at radius 1 is 1.26 bits per heavy atom. The summed E-state index contributed by atoms with van der Waals surface area (Å²) in [5.74, 6) is -1.18. The molecule has 98 valence electrons. The molecule has 0 spiro atoms. The fourth-order valence-corrected chi connectivity index (χ4v) is 1.73. The number of carbonyl (C=O) groups is 1. The van der Waals surface area contributed by atoms with E-state index in [-0.39, 0.29) is 23.0 Å². The summed E-state index contributed by atoms with van der Waals surface area (Å²) < 4.78 is 18.7. The van der Waals surface area contributed by atoms with Crippen molar-refractivity contribution in [2.24, 2.45) is 0 Å². The van der Waals surface area contributed by atoms with Gasteiger partial charge in [0.05, 0.1) is 10.6 Å². The molecule has 2 aromatic rings. The molecule has 0 heterocycles. The maximum absolute atomic E-state index is 13.4. The number of halogens is 2. The minimum atomic E-state index is -1.14. The third kappa shape index (κ3) is 3.23. The van der Waals surface area contributed by atoms with Gasteiger partial charge in [-0.15, -0.1) is 0 Å². The van der Waals surface area contributed by atoms with Crippen molar-refractivity contribution in [3.8, 4) is 5.75 Å². The monoisotopic (exact) mass is 280 g/mol. The molecule has 0 bridgehead atoms. The molecule has 0 aliphatic rings. The fourth-order valence-electron chi connectivity index (χ4n) is 1.53. The molecule has 1 N–H and O–H groups in total. The van der Waals surface area contributed by atoms with Crippen LogP contribution in [0.4, 0.5) is 4.39 Å². The predicted octanol–water partition coefficient (Wildman–Crippen LogP) is 3.76. The van der Waals surface area contributed by atoms with E-state index in [0.717, 1.165) is 0 Å². The number of ether oxygens (including phenoxy) is 1. The van der Waals surface area contributed by atoms with Crippen LogP contribution in [0.5, 0.6) is 5.75 Å². The van der Waals surface area contributed by atoms with E-state index in [2.05, 4.69) is 0 Å². The molecule has 0 fully saturated rings. The first kappa shape index (κ1) is 13.4. The van der Waals surface area contributed by atoms with Gasteiger partial charge in [0.25, 0.3) is 0 Å². The summed E-state index contributed by atoms with van der Waals surface area (Å²) in [4.78, 5) is 10.9. The Bertz CT molecular complexity index is 613. The number of aromatic carboxylic acids is 1. The second-order valence-electron chi connectivity index (χ2n) is 3.83. The van der Waals surface area contributed by atoms with Crippen LogP contribution >= 0.6 is 11.6 Å². The van der Waals surface area contributed by atoms with Crippen LogP contribution in [-0.4, -0.2) is 11.1 Å². The minimum absolute atomic E-state index is 0.0212. The lowest BCUT2D eigenvalue weighted by Gasteiger charge is -2.08. The third-order valence-electron chi connectivity index (χ3n) is 2.52. The lowest BCUT2D eigenvalue weighted by molar-refractivity contribution is 0.0696. The number of benzene rings is 2. The molecule has 0 radical (unpaired) electrons. The van der Waals surface area contributed by atoms with E-state index < -0.39 is 5.97 Å². The molecule has 2 aromatic carbocycles. The highest BCUT2D eigenvalue weighted by atomic mass is 35.5. The van der Waals surface area contributed by atoms with Crippen LogP contribution in [0.2, 0.25) is 5.02 Å². The number of hydrogen-bond acceptors (Lipinski definition) is 2. The summed E-state index contributed by atoms with van der Waals surface area (Å²) in [7, 11) is 0. The quantitative estimate of drug-likeness (QED) is 0.927. The van der Waals surface area contributed by atoms with Crippen molar-refractivity contribution in [1.29, 1.82) is 0 Å². The fraction of sp³-hybridized carbons (Fsp3) is 0.0714. The number of carboxylic acid groups (broad SMARTS) is 1. The van der Waals surface area contributed by atoms with Crippen molar-refractivity contribution in [1.82, 2.24) is 0 Å². The van der Waals surface area contributed by atoms with Gasteiger partial charge in [0.2, 0.25) is 0 Å². The summed E-state index contributed by atoms with van der Waals surface area (Å²) in [5.41, 5.74) is 0.349. The van der Waals surface area contributed by atoms with Crippen molar-refractivity contribution in [2.45, 2.75) is 6.61 Å². The normalized spacial score (nSPS) is 10.2. The van der Waals surface area contributed by atoms with E-state index in [1.165, 1.54) is 24.3 Å². The van der Waals surface area contributed by atoms with Crippen LogP contribution in [0, 0.1) is 5.82 Å². The molecule has 0 atom stereocenters. The van der Waals surface area contributed by atoms with Crippen molar-refractivity contribution in [3.63, 3.8) is 0 Å². The second-order valence-corrected chi connectivity index (χ2v) is 4.23. The third-order valence-corrected chi connectivity index (χ3v) is 2.85. The first-order valence-electron chi connectivity index (χ1n) is 5.47. The number of rotatable bonds is 4. The first-order valence-corrected chi connectivity index (χ1v) is 5.85. The van der Waals surface area contributed by atoms with E-state index in [1.807, 2.05) is 0 Å². The maximum atomic E-state index is 13.4. The topological polar surface area (TPSA) is 46.5 Å². The van der Waals surface area contributed by atoms with Gasteiger partial charge in [-0.25, -0.2) is 9.18 Å². The Hall–Kier alpha value is -2.07. The van der Waals surface area contributed by atoms with Crippen LogP contribution in [-0.2, 0) is 6.61 Å². The highest BCUT2D eigenvalue weighted by Crippen LogP contribution is 2.23. The molecule has 0 saturated heterocycles. The highest BCUT2D eigenvalue weighted by Gasteiger charge is 2.10. The lowest BCUT2D eigenvalue weighted by atomic mass is 10.2. The lowest BCUT2D eigenvalue weighted by Crippen LogP contribution is -2.01. The molecule has 0 aliphatic carbocycles. The molecule has 0 amide bonds. The summed E-state index contributed by atoms with van der Waals surface area (Å²) in [6.45, 7) is 0.0212. The van der Waals surface area contributed by atoms with Gasteiger partial charge in [0, 0.05) is 5.56 Å². The van der Waals surface area contributed by atoms with E-state index in [4.69, 9.17) is 21.4 Å². The molecule has 19 heavy (non-hydrogen) atoms. The molecule has 0 aliphatic heterocycles. The van der Waals surface area contributed by atoms with Gasteiger partial charge in [-0.2, -0.15) is 0 Å². The van der Waals surface area contributed by atoms with Gasteiger partial charge in [0.15, 0.2) is 0 Å². The van der Waals surface area contributed by atoms with E-state index in [9.17, 15) is 9.18 Å². The van der Waals surface area contributed by atoms with Crippen molar-refractivity contribution in [3.05, 3.63) is 64.4 Å². The van der Waals surface area contributed by atoms with Gasteiger partial charge < -0.3 is 9.84 Å². The van der Waals surface area contributed by atoms with Gasteiger partial charge in [-0.3, -0.25) is 0 Å². The molecule has 2 rings (SSSR count). The summed E-state index contributed by atoms with van der Waals surface area (Å²) in [5, 5.41) is 9.05. The Morgan fingerprint density at radius 3 is 2.68 bits per heavy atom. The first-order chi connectivity index (χ1) is 9.08. The Balaban J connectivity index is 2.14. The highest BCUT2D eigenvalue weighted by molar-refractivity contribution is 6.33. The summed E-state index contributed by atoms with van der Waals surface area (Å²) in [6.07, 6.45) is 0. The maximum Gasteiger partial charge on any atom is 0.337 e. The van der Waals surface area contributed by atoms with Crippen LogP contribution < -0.4 is 4.74 Å². The van der Waals surface area contributed by atoms with Crippen LogP contribution in [0.1, 0.15) is 15.9 Å². The largest absolute Gasteiger partial charge is 0.489 e. The predicted molar refractivity (Wildman–Crippen MR) is 69.1 cm³/mol. The van der Waals surface area contributed by atoms with E-state index >= 15 is 0 Å². The average molecular weight is 281 g/mol. The Labute approximate surface area is 114 Å². The van der Waals surface area contributed by atoms with E-state index in [0.29, 0.717) is 11.3 Å². The Kier molecular flexibility index (Phi) is 4.02. The molecule has 5 heteroatoms. The van der Waals surface area contributed by atoms with Gasteiger partial charge in [0.1, 0.15) is 18.2 Å². The number of hydrogen-bond donors (Lipinski definition) is 1. The van der Waals surface area contributed by atoms with Crippen LogP contribution in [0.25, 0.3) is 0 Å². The minimum Gasteiger partial charge on any atom is -0.489 e. The van der Waals surface area contributed by atoms with Crippen molar-refractivity contribution < 1.29 is 19.0 Å². The second kappa shape index (κ2) is 5.71. The van der Waals surface area contributed by atoms with Crippen LogP contribution in [0.3, 0.4) is 0 Å². The van der Waals surface area contributed by atoms with Gasteiger partial charge in [-0.05, 0) is 24.3 Å². The standard InChI is InChI=1S/C14H10ClFO3/c15-12-6-5-10(7-11(12)14(17)18)19-8-9-3-1-2-4-13(9)16/h1-7H,8H2,(H,17,18). The molecule has 0 aromatic heterocycles. The molecule has 0 unspecified atom stereocenters. The molecule has 3 nitrogen and oxygen atoms in total. The SMILES string of the molecule is O=C(O)c1cc(OCc2ccccc2F)ccc1Cl. The molecular weight excluding hydrogens is 271 g/mol. The molecular formula is C14H10ClFO3. The van der Waals surface area contributed by atoms with Gasteiger partial charge >= 0.3 is 5.97 Å². The van der Waals surface area contributed by atoms with Crippen LogP contribution in [0.15, 0.2) is 42.5 Å². The molecule has 0 saturated carbocycles. The zero-order chi connectivity index (χ0) is 13.8. The smallest absolute Gasteiger partial charge is 0.337 e. The average Bonchev–Trinajstić information content (AvgIpc) is 2.39. The zero-order valence-corrected chi connectivity index (χ0v) is 10.5. The summed E-state index contributed by atoms with van der Waals surface area (Å²) >= 11 is 5.74. The van der Waals surface area contributed by atoms with Crippen molar-refractivity contribution in [2.75, 3.05) is 0 Å². The Morgan fingerprint density at radius 2 is 2.00 bits per heavy atom. The summed E-state index contributed by atoms with van der Waals surface area (Å²) in [6, 6.07) is 10.5. The van der Waals surface area contributed by atoms with E-state index in [1.54, 1.807) is 18.2 Å². The van der Waals surface area contributed by atoms with Crippen molar-refractivity contribution >= 4 is 17.6 Å². The zero-order valence-electron chi connectivity index (χ0n) is 9.77. The van der Waals surface area contributed by atoms with Gasteiger partial charge in [-0.1, -0.05) is 29.8 Å².